The third-order valence-corrected chi connectivity index (χ3v) is 1.79. The van der Waals surface area contributed by atoms with E-state index in [2.05, 4.69) is 11.8 Å². The second-order valence-electron chi connectivity index (χ2n) is 2.70. The van der Waals surface area contributed by atoms with Gasteiger partial charge in [-0.15, -0.1) is 5.92 Å². The van der Waals surface area contributed by atoms with Gasteiger partial charge in [0.15, 0.2) is 6.61 Å². The highest BCUT2D eigenvalue weighted by molar-refractivity contribution is 6.30. The van der Waals surface area contributed by atoms with Crippen LogP contribution in [0.15, 0.2) is 18.2 Å². The summed E-state index contributed by atoms with van der Waals surface area (Å²) in [5.74, 6) is 4.89. The molecule has 0 spiro atoms. The lowest BCUT2D eigenvalue weighted by Crippen LogP contribution is -2.10. The Morgan fingerprint density at radius 2 is 2.33 bits per heavy atom. The van der Waals surface area contributed by atoms with Gasteiger partial charge in [0, 0.05) is 5.02 Å². The van der Waals surface area contributed by atoms with Crippen molar-refractivity contribution in [2.45, 2.75) is 6.92 Å². The largest absolute Gasteiger partial charge is 0.481 e. The van der Waals surface area contributed by atoms with Crippen LogP contribution >= 0.6 is 11.6 Å². The van der Waals surface area contributed by atoms with Gasteiger partial charge in [0.05, 0.1) is 5.56 Å². The van der Waals surface area contributed by atoms with Gasteiger partial charge >= 0.3 is 5.97 Å². The predicted octanol–water partition coefficient (Wildman–Crippen LogP) is 2.17. The molecule has 0 amide bonds. The van der Waals surface area contributed by atoms with Gasteiger partial charge in [-0.05, 0) is 25.1 Å². The molecule has 0 aliphatic heterocycles. The first kappa shape index (κ1) is 11.4. The average molecular weight is 225 g/mol. The molecule has 0 heterocycles. The van der Waals surface area contributed by atoms with Gasteiger partial charge in [0.25, 0.3) is 0 Å². The molecule has 0 saturated heterocycles. The molecule has 0 aromatic heterocycles. The monoisotopic (exact) mass is 224 g/mol. The first-order valence-corrected chi connectivity index (χ1v) is 4.58. The van der Waals surface area contributed by atoms with Crippen LogP contribution in [0.25, 0.3) is 0 Å². The summed E-state index contributed by atoms with van der Waals surface area (Å²) < 4.78 is 5.05. The molecule has 4 heteroatoms. The van der Waals surface area contributed by atoms with Crippen molar-refractivity contribution in [2.24, 2.45) is 0 Å². The fraction of sp³-hybridized carbons (Fsp3) is 0.182. The molecule has 0 radical (unpaired) electrons. The van der Waals surface area contributed by atoms with E-state index in [4.69, 9.17) is 21.4 Å². The number of hydrogen-bond donors (Lipinski definition) is 1. The van der Waals surface area contributed by atoms with Gasteiger partial charge in [-0.2, -0.15) is 0 Å². The molecule has 3 nitrogen and oxygen atoms in total. The van der Waals surface area contributed by atoms with Crippen LogP contribution < -0.4 is 4.74 Å². The number of ether oxygens (including phenoxy) is 1. The lowest BCUT2D eigenvalue weighted by molar-refractivity contribution is -0.139. The van der Waals surface area contributed by atoms with Crippen LogP contribution in [0.5, 0.6) is 5.75 Å². The highest BCUT2D eigenvalue weighted by Crippen LogP contribution is 2.21. The van der Waals surface area contributed by atoms with E-state index in [1.807, 2.05) is 0 Å². The summed E-state index contributed by atoms with van der Waals surface area (Å²) in [5, 5.41) is 9.00. The number of benzene rings is 1. The molecule has 0 fully saturated rings. The summed E-state index contributed by atoms with van der Waals surface area (Å²) in [7, 11) is 0. The Hall–Kier alpha value is -1.66. The molecule has 78 valence electrons. The fourth-order valence-corrected chi connectivity index (χ4v) is 1.17. The van der Waals surface area contributed by atoms with E-state index in [0.29, 0.717) is 16.3 Å². The lowest BCUT2D eigenvalue weighted by Gasteiger charge is -2.05. The van der Waals surface area contributed by atoms with Crippen molar-refractivity contribution in [3.05, 3.63) is 28.8 Å². The maximum absolute atomic E-state index is 10.3. The van der Waals surface area contributed by atoms with Gasteiger partial charge in [0.1, 0.15) is 5.75 Å². The topological polar surface area (TPSA) is 46.5 Å². The minimum absolute atomic E-state index is 0.389. The van der Waals surface area contributed by atoms with Crippen LogP contribution in [0.3, 0.4) is 0 Å². The summed E-state index contributed by atoms with van der Waals surface area (Å²) in [5.41, 5.74) is 0.589. The van der Waals surface area contributed by atoms with E-state index in [1.54, 1.807) is 25.1 Å². The molecular weight excluding hydrogens is 216 g/mol. The Morgan fingerprint density at radius 3 is 2.93 bits per heavy atom. The smallest absolute Gasteiger partial charge is 0.341 e. The Labute approximate surface area is 92.6 Å². The normalized spacial score (nSPS) is 8.93. The van der Waals surface area contributed by atoms with Crippen molar-refractivity contribution < 1.29 is 14.6 Å². The zero-order chi connectivity index (χ0) is 11.3. The first-order chi connectivity index (χ1) is 7.13. The van der Waals surface area contributed by atoms with Crippen LogP contribution in [0.4, 0.5) is 0 Å². The third-order valence-electron chi connectivity index (χ3n) is 1.55. The maximum atomic E-state index is 10.3. The number of hydrogen-bond acceptors (Lipinski definition) is 2. The van der Waals surface area contributed by atoms with E-state index in [-0.39, 0.29) is 6.61 Å². The molecule has 0 saturated carbocycles. The van der Waals surface area contributed by atoms with E-state index >= 15 is 0 Å². The number of aliphatic carboxylic acids is 1. The fourth-order valence-electron chi connectivity index (χ4n) is 1.000. The number of rotatable bonds is 3. The van der Waals surface area contributed by atoms with Crippen molar-refractivity contribution in [3.8, 4) is 17.6 Å². The lowest BCUT2D eigenvalue weighted by atomic mass is 10.2. The summed E-state index contributed by atoms with van der Waals surface area (Å²) in [6.45, 7) is 1.29. The zero-order valence-electron chi connectivity index (χ0n) is 8.08. The zero-order valence-corrected chi connectivity index (χ0v) is 8.84. The Kier molecular flexibility index (Phi) is 4.02. The van der Waals surface area contributed by atoms with Crippen LogP contribution in [-0.2, 0) is 4.79 Å². The Morgan fingerprint density at radius 1 is 1.60 bits per heavy atom. The molecule has 1 aromatic rings. The van der Waals surface area contributed by atoms with Crippen LogP contribution in [0.2, 0.25) is 5.02 Å². The van der Waals surface area contributed by atoms with E-state index in [0.717, 1.165) is 0 Å². The molecule has 1 N–H and O–H groups in total. The minimum atomic E-state index is -1.03. The molecule has 0 atom stereocenters. The molecule has 0 aliphatic rings. The molecule has 1 rings (SSSR count). The number of carboxylic acids is 1. The second kappa shape index (κ2) is 5.28. The summed E-state index contributed by atoms with van der Waals surface area (Å²) in [6, 6.07) is 4.86. The standard InChI is InChI=1S/C11H9ClO3/c1-2-3-8-6-9(12)4-5-10(8)15-7-11(13)14/h4-6H,7H2,1H3,(H,13,14). The SMILES string of the molecule is CC#Cc1cc(Cl)ccc1OCC(=O)O. The number of carboxylic acid groups (broad SMARTS) is 1. The van der Waals surface area contributed by atoms with Gasteiger partial charge < -0.3 is 9.84 Å². The van der Waals surface area contributed by atoms with Crippen molar-refractivity contribution in [2.75, 3.05) is 6.61 Å². The van der Waals surface area contributed by atoms with Crippen LogP contribution in [-0.4, -0.2) is 17.7 Å². The molecule has 15 heavy (non-hydrogen) atoms. The number of carbonyl (C=O) groups is 1. The molecule has 1 aromatic carbocycles. The highest BCUT2D eigenvalue weighted by atomic mass is 35.5. The molecule has 0 bridgehead atoms. The summed E-state index contributed by atoms with van der Waals surface area (Å²) >= 11 is 5.78. The average Bonchev–Trinajstić information content (AvgIpc) is 2.17. The molecular formula is C11H9ClO3. The van der Waals surface area contributed by atoms with Gasteiger partial charge in [-0.1, -0.05) is 17.5 Å². The molecule has 0 unspecified atom stereocenters. The number of halogens is 1. The van der Waals surface area contributed by atoms with Crippen LogP contribution in [0, 0.1) is 11.8 Å². The van der Waals surface area contributed by atoms with Crippen LogP contribution in [0.1, 0.15) is 12.5 Å². The third kappa shape index (κ3) is 3.53. The van der Waals surface area contributed by atoms with E-state index in [9.17, 15) is 4.79 Å². The summed E-state index contributed by atoms with van der Waals surface area (Å²) in [4.78, 5) is 10.3. The van der Waals surface area contributed by atoms with Gasteiger partial charge in [-0.3, -0.25) is 0 Å². The second-order valence-corrected chi connectivity index (χ2v) is 3.13. The highest BCUT2D eigenvalue weighted by Gasteiger charge is 2.04. The van der Waals surface area contributed by atoms with Crippen molar-refractivity contribution in [1.29, 1.82) is 0 Å². The quantitative estimate of drug-likeness (QED) is 0.801. The van der Waals surface area contributed by atoms with Gasteiger partial charge in [-0.25, -0.2) is 4.79 Å². The van der Waals surface area contributed by atoms with Crippen molar-refractivity contribution in [3.63, 3.8) is 0 Å². The summed E-state index contributed by atoms with van der Waals surface area (Å²) in [6.07, 6.45) is 0. The van der Waals surface area contributed by atoms with Crippen molar-refractivity contribution >= 4 is 17.6 Å². The minimum Gasteiger partial charge on any atom is -0.481 e. The predicted molar refractivity (Wildman–Crippen MR) is 57.1 cm³/mol. The van der Waals surface area contributed by atoms with E-state index < -0.39 is 5.97 Å². The maximum Gasteiger partial charge on any atom is 0.341 e. The Bertz CT molecular complexity index is 429. The van der Waals surface area contributed by atoms with Gasteiger partial charge in [0.2, 0.25) is 0 Å². The van der Waals surface area contributed by atoms with Crippen molar-refractivity contribution in [1.82, 2.24) is 0 Å². The first-order valence-electron chi connectivity index (χ1n) is 4.20. The Balaban J connectivity index is 2.93. The van der Waals surface area contributed by atoms with E-state index in [1.165, 1.54) is 0 Å². The molecule has 0 aliphatic carbocycles.